The molecule has 1 aromatic carbocycles. The average Bonchev–Trinajstić information content (AvgIpc) is 3.26. The fourth-order valence-corrected chi connectivity index (χ4v) is 5.17. The first kappa shape index (κ1) is 12.4. The van der Waals surface area contributed by atoms with Crippen molar-refractivity contribution in [2.75, 3.05) is 0 Å². The summed E-state index contributed by atoms with van der Waals surface area (Å²) >= 11 is 2.26. The van der Waals surface area contributed by atoms with Crippen molar-refractivity contribution >= 4 is 22.6 Å². The van der Waals surface area contributed by atoms with E-state index >= 15 is 0 Å². The van der Waals surface area contributed by atoms with E-state index in [4.69, 9.17) is 0 Å². The van der Waals surface area contributed by atoms with Gasteiger partial charge in [0.1, 0.15) is 0 Å². The lowest BCUT2D eigenvalue weighted by Crippen LogP contribution is -2.22. The molecule has 21 heavy (non-hydrogen) atoms. The standard InChI is InChI=1S/C17H16INO2/c18-8-1-3-9(4-2-8)19-16(20)14-10-5-6-11(13-7-12(10)13)15(14)17(19)21/h1-4,10-13,20-21H,5-7H2/t10-,11+,12+,13-. The predicted molar refractivity (Wildman–Crippen MR) is 88.1 cm³/mol. The van der Waals surface area contributed by atoms with Gasteiger partial charge >= 0.3 is 0 Å². The second-order valence-electron chi connectivity index (χ2n) is 6.64. The van der Waals surface area contributed by atoms with Gasteiger partial charge in [0.15, 0.2) is 0 Å². The van der Waals surface area contributed by atoms with Crippen LogP contribution in [0.1, 0.15) is 42.2 Å². The SMILES string of the molecule is Oc1c2c(c(O)n1-c1ccc(I)cc1)[C@@H]1CC[C@H]2[C@H]2C[C@H]21. The molecular weight excluding hydrogens is 377 g/mol. The number of rotatable bonds is 1. The number of nitrogens with zero attached hydrogens (tertiary/aromatic N) is 1. The summed E-state index contributed by atoms with van der Waals surface area (Å²) in [5.41, 5.74) is 2.93. The normalized spacial score (nSPS) is 31.9. The maximum absolute atomic E-state index is 10.7. The Hall–Kier alpha value is -1.17. The van der Waals surface area contributed by atoms with Gasteiger partial charge in [0, 0.05) is 14.7 Å². The largest absolute Gasteiger partial charge is 0.494 e. The number of halogens is 1. The zero-order valence-corrected chi connectivity index (χ0v) is 13.6. The third kappa shape index (κ3) is 1.49. The molecule has 4 aliphatic rings. The molecule has 4 atom stereocenters. The highest BCUT2D eigenvalue weighted by molar-refractivity contribution is 14.1. The molecule has 6 rings (SSSR count). The summed E-state index contributed by atoms with van der Waals surface area (Å²) in [6, 6.07) is 7.91. The summed E-state index contributed by atoms with van der Waals surface area (Å²) < 4.78 is 2.78. The zero-order chi connectivity index (χ0) is 14.3. The van der Waals surface area contributed by atoms with Crippen LogP contribution in [0.2, 0.25) is 0 Å². The van der Waals surface area contributed by atoms with Gasteiger partial charge in [-0.1, -0.05) is 0 Å². The molecule has 4 heteroatoms. The fourth-order valence-electron chi connectivity index (χ4n) is 4.81. The van der Waals surface area contributed by atoms with E-state index < -0.39 is 0 Å². The molecule has 0 unspecified atom stereocenters. The Morgan fingerprint density at radius 1 is 0.905 bits per heavy atom. The second-order valence-corrected chi connectivity index (χ2v) is 7.89. The van der Waals surface area contributed by atoms with Crippen molar-refractivity contribution in [1.82, 2.24) is 4.57 Å². The molecule has 0 radical (unpaired) electrons. The van der Waals surface area contributed by atoms with Crippen LogP contribution in [0.5, 0.6) is 11.8 Å². The Balaban J connectivity index is 1.74. The zero-order valence-electron chi connectivity index (χ0n) is 11.5. The predicted octanol–water partition coefficient (Wildman–Crippen LogP) is 4.10. The molecule has 1 heterocycles. The number of hydrogen-bond acceptors (Lipinski definition) is 2. The number of fused-ring (bicyclic) bond motifs is 1. The molecule has 2 aromatic rings. The number of hydrogen-bond donors (Lipinski definition) is 2. The van der Waals surface area contributed by atoms with E-state index in [1.54, 1.807) is 4.57 Å². The van der Waals surface area contributed by atoms with Gasteiger partial charge in [-0.15, -0.1) is 0 Å². The van der Waals surface area contributed by atoms with Crippen LogP contribution < -0.4 is 0 Å². The highest BCUT2D eigenvalue weighted by Crippen LogP contribution is 2.70. The monoisotopic (exact) mass is 393 g/mol. The minimum absolute atomic E-state index is 0.267. The lowest BCUT2D eigenvalue weighted by molar-refractivity contribution is 0.322. The number of aromatic hydroxyl groups is 2. The fraction of sp³-hybridized carbons (Fsp3) is 0.412. The molecule has 2 N–H and O–H groups in total. The van der Waals surface area contributed by atoms with Crippen LogP contribution in [0.4, 0.5) is 0 Å². The molecule has 2 bridgehead atoms. The van der Waals surface area contributed by atoms with E-state index in [0.717, 1.165) is 32.2 Å². The molecule has 0 amide bonds. The maximum atomic E-state index is 10.7. The highest BCUT2D eigenvalue weighted by Gasteiger charge is 2.58. The van der Waals surface area contributed by atoms with E-state index in [2.05, 4.69) is 22.6 Å². The molecule has 0 spiro atoms. The highest BCUT2D eigenvalue weighted by atomic mass is 127. The molecule has 108 valence electrons. The number of benzene rings is 1. The Labute approximate surface area is 136 Å². The van der Waals surface area contributed by atoms with Gasteiger partial charge < -0.3 is 10.2 Å². The summed E-state index contributed by atoms with van der Waals surface area (Å²) in [5, 5.41) is 21.5. The smallest absolute Gasteiger partial charge is 0.202 e. The quantitative estimate of drug-likeness (QED) is 0.717. The van der Waals surface area contributed by atoms with Crippen LogP contribution in [0, 0.1) is 15.4 Å². The van der Waals surface area contributed by atoms with Crippen molar-refractivity contribution < 1.29 is 10.2 Å². The van der Waals surface area contributed by atoms with Crippen LogP contribution in [-0.2, 0) is 0 Å². The van der Waals surface area contributed by atoms with Crippen molar-refractivity contribution in [3.05, 3.63) is 39.0 Å². The van der Waals surface area contributed by atoms with Gasteiger partial charge in [0.05, 0.1) is 5.69 Å². The van der Waals surface area contributed by atoms with Gasteiger partial charge in [0.25, 0.3) is 0 Å². The molecule has 0 saturated heterocycles. The minimum Gasteiger partial charge on any atom is -0.494 e. The first-order valence-electron chi connectivity index (χ1n) is 7.59. The first-order valence-corrected chi connectivity index (χ1v) is 8.67. The minimum atomic E-state index is 0.267. The topological polar surface area (TPSA) is 45.4 Å². The summed E-state index contributed by atoms with van der Waals surface area (Å²) in [6.07, 6.45) is 3.62. The van der Waals surface area contributed by atoms with E-state index in [-0.39, 0.29) is 11.8 Å². The Kier molecular flexibility index (Phi) is 2.34. The van der Waals surface area contributed by atoms with Crippen molar-refractivity contribution in [2.45, 2.75) is 31.1 Å². The van der Waals surface area contributed by atoms with E-state index in [9.17, 15) is 10.2 Å². The maximum Gasteiger partial charge on any atom is 0.202 e. The molecular formula is C17H16INO2. The van der Waals surface area contributed by atoms with Crippen LogP contribution in [0.3, 0.4) is 0 Å². The lowest BCUT2D eigenvalue weighted by atomic mass is 9.68. The molecule has 3 nitrogen and oxygen atoms in total. The van der Waals surface area contributed by atoms with Crippen molar-refractivity contribution in [3.63, 3.8) is 0 Å². The van der Waals surface area contributed by atoms with E-state index in [1.807, 2.05) is 24.3 Å². The summed E-state index contributed by atoms with van der Waals surface area (Å²) in [7, 11) is 0. The molecule has 4 aliphatic carbocycles. The van der Waals surface area contributed by atoms with Crippen molar-refractivity contribution in [1.29, 1.82) is 0 Å². The Bertz CT molecular complexity index is 710. The molecule has 0 aliphatic heterocycles. The summed E-state index contributed by atoms with van der Waals surface area (Å²) in [5.74, 6) is 2.98. The first-order chi connectivity index (χ1) is 10.2. The van der Waals surface area contributed by atoms with Gasteiger partial charge in [-0.3, -0.25) is 4.57 Å². The van der Waals surface area contributed by atoms with Crippen LogP contribution >= 0.6 is 22.6 Å². The van der Waals surface area contributed by atoms with Gasteiger partial charge in [-0.25, -0.2) is 0 Å². The van der Waals surface area contributed by atoms with Gasteiger partial charge in [-0.2, -0.15) is 0 Å². The summed E-state index contributed by atoms with van der Waals surface area (Å²) in [6.45, 7) is 0. The van der Waals surface area contributed by atoms with Gasteiger partial charge in [-0.05, 0) is 89.8 Å². The van der Waals surface area contributed by atoms with E-state index in [0.29, 0.717) is 11.8 Å². The molecule has 2 fully saturated rings. The van der Waals surface area contributed by atoms with Crippen LogP contribution in [0.25, 0.3) is 5.69 Å². The lowest BCUT2D eigenvalue weighted by Gasteiger charge is -2.35. The summed E-state index contributed by atoms with van der Waals surface area (Å²) in [4.78, 5) is 0. The Morgan fingerprint density at radius 2 is 1.43 bits per heavy atom. The third-order valence-electron chi connectivity index (χ3n) is 5.74. The third-order valence-corrected chi connectivity index (χ3v) is 6.45. The van der Waals surface area contributed by atoms with Crippen molar-refractivity contribution in [3.8, 4) is 17.4 Å². The van der Waals surface area contributed by atoms with Crippen LogP contribution in [0.15, 0.2) is 24.3 Å². The van der Waals surface area contributed by atoms with Gasteiger partial charge in [0.2, 0.25) is 11.8 Å². The average molecular weight is 393 g/mol. The Morgan fingerprint density at radius 3 is 1.95 bits per heavy atom. The van der Waals surface area contributed by atoms with E-state index in [1.165, 1.54) is 19.3 Å². The molecule has 1 aromatic heterocycles. The number of aromatic nitrogens is 1. The molecule has 2 saturated carbocycles. The second kappa shape index (κ2) is 3.97. The van der Waals surface area contributed by atoms with Crippen molar-refractivity contribution in [2.24, 2.45) is 11.8 Å². The van der Waals surface area contributed by atoms with Crippen LogP contribution in [-0.4, -0.2) is 14.8 Å².